The molecule has 2 aromatic carbocycles. The lowest BCUT2D eigenvalue weighted by Crippen LogP contribution is -2.21. The van der Waals surface area contributed by atoms with Crippen molar-refractivity contribution in [2.24, 2.45) is 5.92 Å². The molecular weight excluding hydrogens is 500 g/mol. The van der Waals surface area contributed by atoms with Gasteiger partial charge in [0.05, 0.1) is 34.5 Å². The molecule has 0 aliphatic rings. The molecule has 0 radical (unpaired) electrons. The van der Waals surface area contributed by atoms with Crippen molar-refractivity contribution in [2.45, 2.75) is 43.8 Å². The Labute approximate surface area is 183 Å². The largest absolute Gasteiger partial charge is 0.416 e. The van der Waals surface area contributed by atoms with Crippen LogP contribution < -0.4 is 0 Å². The molecule has 0 aromatic heterocycles. The second-order valence-corrected chi connectivity index (χ2v) is 7.43. The maximum atomic E-state index is 13.0. The smallest absolute Gasteiger partial charge is 0.388 e. The van der Waals surface area contributed by atoms with Crippen molar-refractivity contribution >= 4 is 0 Å². The van der Waals surface area contributed by atoms with Crippen LogP contribution in [0.3, 0.4) is 0 Å². The fourth-order valence-electron chi connectivity index (χ4n) is 3.08. The van der Waals surface area contributed by atoms with Gasteiger partial charge in [0.1, 0.15) is 0 Å². The average molecular weight is 514 g/mol. The zero-order chi connectivity index (χ0) is 26.4. The second-order valence-electron chi connectivity index (χ2n) is 7.43. The molecule has 2 atom stereocenters. The monoisotopic (exact) mass is 514 g/mol. The summed E-state index contributed by atoms with van der Waals surface area (Å²) >= 11 is 0. The van der Waals surface area contributed by atoms with E-state index in [1.54, 1.807) is 0 Å². The van der Waals surface area contributed by atoms with Crippen molar-refractivity contribution in [3.63, 3.8) is 0 Å². The summed E-state index contributed by atoms with van der Waals surface area (Å²) in [5.41, 5.74) is -9.24. The third kappa shape index (κ3) is 6.34. The van der Waals surface area contributed by atoms with Gasteiger partial charge in [-0.1, -0.05) is 6.92 Å². The van der Waals surface area contributed by atoms with Crippen LogP contribution in [-0.2, 0) is 24.7 Å². The van der Waals surface area contributed by atoms with Gasteiger partial charge in [0.25, 0.3) is 0 Å². The lowest BCUT2D eigenvalue weighted by molar-refractivity contribution is -0.144. The van der Waals surface area contributed by atoms with Crippen LogP contribution >= 0.6 is 0 Å². The Morgan fingerprint density at radius 3 is 0.853 bits per heavy atom. The molecule has 34 heavy (non-hydrogen) atoms. The molecule has 0 fully saturated rings. The minimum absolute atomic E-state index is 0.135. The van der Waals surface area contributed by atoms with Gasteiger partial charge in [0.2, 0.25) is 0 Å². The molecule has 2 unspecified atom stereocenters. The molecule has 2 nitrogen and oxygen atoms in total. The molecule has 2 N–H and O–H groups in total. The molecule has 0 saturated heterocycles. The summed E-state index contributed by atoms with van der Waals surface area (Å²) in [4.78, 5) is 0. The molecule has 0 amide bonds. The first kappa shape index (κ1) is 27.8. The van der Waals surface area contributed by atoms with E-state index in [0.29, 0.717) is 0 Å². The van der Waals surface area contributed by atoms with Crippen LogP contribution in [-0.4, -0.2) is 10.2 Å². The van der Waals surface area contributed by atoms with Crippen LogP contribution in [0.1, 0.15) is 52.5 Å². The van der Waals surface area contributed by atoms with Gasteiger partial charge in [-0.15, -0.1) is 0 Å². The predicted octanol–water partition coefficient (Wildman–Crippen LogP) is 7.16. The van der Waals surface area contributed by atoms with E-state index in [1.165, 1.54) is 0 Å². The van der Waals surface area contributed by atoms with Gasteiger partial charge in [-0.25, -0.2) is 0 Å². The normalized spacial score (nSPS) is 16.3. The molecule has 0 spiro atoms. The van der Waals surface area contributed by atoms with E-state index in [-0.39, 0.29) is 36.4 Å². The quantitative estimate of drug-likeness (QED) is 0.425. The Kier molecular flexibility index (Phi) is 7.31. The highest BCUT2D eigenvalue weighted by atomic mass is 19.4. The predicted molar refractivity (Wildman–Crippen MR) is 92.0 cm³/mol. The maximum Gasteiger partial charge on any atom is 0.416 e. The van der Waals surface area contributed by atoms with Crippen molar-refractivity contribution in [3.05, 3.63) is 69.8 Å². The first-order chi connectivity index (χ1) is 15.1. The first-order valence-corrected chi connectivity index (χ1v) is 9.07. The molecule has 2 rings (SSSR count). The van der Waals surface area contributed by atoms with E-state index in [9.17, 15) is 62.9 Å². The fraction of sp³-hybridized carbons (Fsp3) is 0.400. The maximum absolute atomic E-state index is 13.0. The summed E-state index contributed by atoms with van der Waals surface area (Å²) in [7, 11) is 0. The van der Waals surface area contributed by atoms with Crippen LogP contribution in [0.25, 0.3) is 0 Å². The van der Waals surface area contributed by atoms with E-state index in [0.717, 1.165) is 6.92 Å². The lowest BCUT2D eigenvalue weighted by atomic mass is 9.86. The third-order valence-corrected chi connectivity index (χ3v) is 4.90. The van der Waals surface area contributed by atoms with Crippen LogP contribution in [0, 0.1) is 5.92 Å². The lowest BCUT2D eigenvalue weighted by Gasteiger charge is -2.27. The van der Waals surface area contributed by atoms with E-state index in [1.807, 2.05) is 0 Å². The number of halogens is 12. The number of aliphatic hydroxyl groups is 2. The summed E-state index contributed by atoms with van der Waals surface area (Å²) in [6, 6.07) is 0.0685. The summed E-state index contributed by atoms with van der Waals surface area (Å²) < 4.78 is 156. The SMILES string of the molecule is CC(C(O)c1cc(C(F)(F)F)cc(C(F)(F)F)c1)C(O)c1cc(C(F)(F)F)cc(C(F)(F)F)c1. The van der Waals surface area contributed by atoms with Crippen molar-refractivity contribution in [2.75, 3.05) is 0 Å². The summed E-state index contributed by atoms with van der Waals surface area (Å²) in [5.74, 6) is -1.82. The standard InChI is InChI=1S/C20H14F12O2/c1-8(15(33)9-2-11(17(21,22)23)6-12(3-9)18(24,25)26)16(34)10-4-13(19(27,28)29)7-14(5-10)20(30,31)32/h2-8,15-16,33-34H,1H3. The minimum Gasteiger partial charge on any atom is -0.388 e. The van der Waals surface area contributed by atoms with Gasteiger partial charge >= 0.3 is 24.7 Å². The Morgan fingerprint density at radius 1 is 0.471 bits per heavy atom. The number of alkyl halides is 12. The molecule has 0 heterocycles. The van der Waals surface area contributed by atoms with Gasteiger partial charge in [0.15, 0.2) is 0 Å². The Hall–Kier alpha value is -2.48. The van der Waals surface area contributed by atoms with Gasteiger partial charge in [-0.3, -0.25) is 0 Å². The molecule has 0 bridgehead atoms. The Balaban J connectivity index is 2.55. The number of rotatable bonds is 4. The Bertz CT molecular complexity index is 872. The topological polar surface area (TPSA) is 40.5 Å². The van der Waals surface area contributed by atoms with Gasteiger partial charge in [-0.05, 0) is 47.5 Å². The average Bonchev–Trinajstić information content (AvgIpc) is 2.68. The molecular formula is C20H14F12O2. The van der Waals surface area contributed by atoms with Crippen molar-refractivity contribution in [3.8, 4) is 0 Å². The van der Waals surface area contributed by atoms with E-state index in [2.05, 4.69) is 0 Å². The van der Waals surface area contributed by atoms with Crippen LogP contribution in [0.5, 0.6) is 0 Å². The molecule has 190 valence electrons. The molecule has 2 aromatic rings. The van der Waals surface area contributed by atoms with Gasteiger partial charge < -0.3 is 10.2 Å². The number of hydrogen-bond acceptors (Lipinski definition) is 2. The molecule has 0 saturated carbocycles. The second kappa shape index (κ2) is 8.95. The van der Waals surface area contributed by atoms with Crippen molar-refractivity contribution in [1.29, 1.82) is 0 Å². The number of benzene rings is 2. The van der Waals surface area contributed by atoms with Crippen LogP contribution in [0.2, 0.25) is 0 Å². The van der Waals surface area contributed by atoms with Crippen LogP contribution in [0.15, 0.2) is 36.4 Å². The molecule has 0 aliphatic carbocycles. The summed E-state index contributed by atoms with van der Waals surface area (Å²) in [6.45, 7) is 0.830. The van der Waals surface area contributed by atoms with E-state index >= 15 is 0 Å². The number of aliphatic hydroxyl groups excluding tert-OH is 2. The number of hydrogen-bond donors (Lipinski definition) is 2. The Morgan fingerprint density at radius 2 is 0.676 bits per heavy atom. The van der Waals surface area contributed by atoms with Crippen molar-refractivity contribution < 1.29 is 62.9 Å². The van der Waals surface area contributed by atoms with E-state index < -0.39 is 76.2 Å². The highest BCUT2D eigenvalue weighted by Gasteiger charge is 2.40. The van der Waals surface area contributed by atoms with Gasteiger partial charge in [0, 0.05) is 5.92 Å². The highest BCUT2D eigenvalue weighted by Crippen LogP contribution is 2.42. The first-order valence-electron chi connectivity index (χ1n) is 9.07. The summed E-state index contributed by atoms with van der Waals surface area (Å²) in [6.07, 6.45) is -25.8. The molecule has 14 heteroatoms. The molecule has 0 aliphatic heterocycles. The summed E-state index contributed by atoms with van der Waals surface area (Å²) in [5, 5.41) is 20.6. The zero-order valence-electron chi connectivity index (χ0n) is 16.6. The van der Waals surface area contributed by atoms with Crippen LogP contribution in [0.4, 0.5) is 52.7 Å². The van der Waals surface area contributed by atoms with E-state index in [4.69, 9.17) is 0 Å². The highest BCUT2D eigenvalue weighted by molar-refractivity contribution is 5.37. The zero-order valence-corrected chi connectivity index (χ0v) is 16.6. The van der Waals surface area contributed by atoms with Gasteiger partial charge in [-0.2, -0.15) is 52.7 Å². The third-order valence-electron chi connectivity index (χ3n) is 4.90. The minimum atomic E-state index is -5.28. The van der Waals surface area contributed by atoms with Crippen molar-refractivity contribution in [1.82, 2.24) is 0 Å². The fourth-order valence-corrected chi connectivity index (χ4v) is 3.08.